The molecule has 19 heavy (non-hydrogen) atoms. The van der Waals surface area contributed by atoms with E-state index in [-0.39, 0.29) is 11.8 Å². The molecule has 0 aliphatic carbocycles. The van der Waals surface area contributed by atoms with Gasteiger partial charge < -0.3 is 10.5 Å². The molecule has 1 atom stereocenters. The molecule has 1 unspecified atom stereocenters. The van der Waals surface area contributed by atoms with Gasteiger partial charge in [0.2, 0.25) is 0 Å². The summed E-state index contributed by atoms with van der Waals surface area (Å²) in [6.07, 6.45) is 1.59. The third-order valence-corrected chi connectivity index (χ3v) is 2.86. The highest BCUT2D eigenvalue weighted by atomic mass is 19.1. The molecular formula is C13H15FN4O. The second-order valence-electron chi connectivity index (χ2n) is 3.97. The number of ether oxygens (including phenoxy) is 1. The number of nitrogens with one attached hydrogen (secondary N) is 1. The Morgan fingerprint density at radius 3 is 2.79 bits per heavy atom. The quantitative estimate of drug-likeness (QED) is 0.572. The molecule has 5 nitrogen and oxygen atoms in total. The summed E-state index contributed by atoms with van der Waals surface area (Å²) in [5.41, 5.74) is 9.93. The molecule has 0 radical (unpaired) electrons. The summed E-state index contributed by atoms with van der Waals surface area (Å²) in [5, 5.41) is 0. The fraction of sp³-hybridized carbons (Fsp3) is 0.154. The van der Waals surface area contributed by atoms with Gasteiger partial charge in [0.1, 0.15) is 5.82 Å². The van der Waals surface area contributed by atoms with Crippen molar-refractivity contribution in [3.05, 3.63) is 53.5 Å². The molecule has 0 bridgehead atoms. The molecule has 0 saturated heterocycles. The Hall–Kier alpha value is -2.18. The summed E-state index contributed by atoms with van der Waals surface area (Å²) in [5.74, 6) is 5.66. The lowest BCUT2D eigenvalue weighted by molar-refractivity contribution is 0.385. The number of rotatable bonds is 4. The molecule has 0 fully saturated rings. The van der Waals surface area contributed by atoms with Crippen molar-refractivity contribution in [2.24, 2.45) is 5.84 Å². The third-order valence-electron chi connectivity index (χ3n) is 2.86. The van der Waals surface area contributed by atoms with E-state index in [9.17, 15) is 4.39 Å². The van der Waals surface area contributed by atoms with Gasteiger partial charge in [-0.3, -0.25) is 5.84 Å². The first-order valence-electron chi connectivity index (χ1n) is 5.67. The zero-order valence-electron chi connectivity index (χ0n) is 10.4. The Bertz CT molecular complexity index is 576. The van der Waals surface area contributed by atoms with Gasteiger partial charge >= 0.3 is 0 Å². The van der Waals surface area contributed by atoms with Gasteiger partial charge in [-0.2, -0.15) is 0 Å². The number of benzene rings is 1. The average Bonchev–Trinajstić information content (AvgIpc) is 2.43. The van der Waals surface area contributed by atoms with E-state index < -0.39 is 5.82 Å². The fourth-order valence-corrected chi connectivity index (χ4v) is 1.90. The van der Waals surface area contributed by atoms with Crippen molar-refractivity contribution >= 4 is 5.82 Å². The number of pyridine rings is 1. The number of anilines is 1. The van der Waals surface area contributed by atoms with Crippen LogP contribution in [0.2, 0.25) is 0 Å². The van der Waals surface area contributed by atoms with Crippen LogP contribution in [0.25, 0.3) is 0 Å². The third kappa shape index (κ3) is 2.64. The maximum absolute atomic E-state index is 13.4. The van der Waals surface area contributed by atoms with Crippen LogP contribution in [0.15, 0.2) is 36.5 Å². The summed E-state index contributed by atoms with van der Waals surface area (Å²) in [6.45, 7) is 0. The smallest absolute Gasteiger partial charge is 0.165 e. The molecule has 2 rings (SSSR count). The monoisotopic (exact) mass is 262 g/mol. The van der Waals surface area contributed by atoms with E-state index >= 15 is 0 Å². The number of halogens is 1. The lowest BCUT2D eigenvalue weighted by atomic mass is 9.99. The number of hydrogen-bond donors (Lipinski definition) is 3. The first kappa shape index (κ1) is 13.3. The first-order chi connectivity index (χ1) is 9.17. The molecule has 0 spiro atoms. The maximum Gasteiger partial charge on any atom is 0.165 e. The van der Waals surface area contributed by atoms with E-state index in [1.807, 2.05) is 6.07 Å². The molecule has 0 aliphatic heterocycles. The van der Waals surface area contributed by atoms with Crippen LogP contribution in [0.3, 0.4) is 0 Å². The highest BCUT2D eigenvalue weighted by Gasteiger charge is 2.17. The lowest BCUT2D eigenvalue weighted by Gasteiger charge is -2.18. The number of aromatic nitrogens is 1. The predicted octanol–water partition coefficient (Wildman–Crippen LogP) is 1.36. The van der Waals surface area contributed by atoms with Crippen LogP contribution in [0, 0.1) is 5.82 Å². The van der Waals surface area contributed by atoms with Crippen molar-refractivity contribution in [1.82, 2.24) is 10.4 Å². The minimum Gasteiger partial charge on any atom is -0.494 e. The first-order valence-corrected chi connectivity index (χ1v) is 5.67. The van der Waals surface area contributed by atoms with Crippen LogP contribution < -0.4 is 21.7 Å². The van der Waals surface area contributed by atoms with Crippen molar-refractivity contribution in [1.29, 1.82) is 0 Å². The minimum atomic E-state index is -0.429. The molecule has 5 N–H and O–H groups in total. The average molecular weight is 262 g/mol. The summed E-state index contributed by atoms with van der Waals surface area (Å²) in [6, 6.07) is 7.70. The van der Waals surface area contributed by atoms with Gasteiger partial charge in [-0.25, -0.2) is 14.8 Å². The lowest BCUT2D eigenvalue weighted by Crippen LogP contribution is -2.29. The van der Waals surface area contributed by atoms with Crippen molar-refractivity contribution < 1.29 is 9.13 Å². The summed E-state index contributed by atoms with van der Waals surface area (Å²) >= 11 is 0. The van der Waals surface area contributed by atoms with Gasteiger partial charge in [0, 0.05) is 11.8 Å². The molecule has 1 aromatic carbocycles. The Labute approximate surface area is 110 Å². The second kappa shape index (κ2) is 5.64. The number of nitrogens with zero attached hydrogens (tertiary/aromatic N) is 1. The largest absolute Gasteiger partial charge is 0.494 e. The number of nitrogens with two attached hydrogens (primary N) is 2. The molecular weight excluding hydrogens is 247 g/mol. The molecule has 2 aromatic rings. The number of hydrazine groups is 1. The van der Waals surface area contributed by atoms with Crippen LogP contribution in [-0.2, 0) is 0 Å². The standard InChI is InChI=1S/C13H15FN4O/c1-19-11-7-8(4-5-10(11)14)12(18-16)9-3-2-6-17-13(9)15/h2-7,12,18H,16H2,1H3,(H2,15,17). The van der Waals surface area contributed by atoms with Crippen LogP contribution >= 0.6 is 0 Å². The van der Waals surface area contributed by atoms with Crippen molar-refractivity contribution in [2.45, 2.75) is 6.04 Å². The fourth-order valence-electron chi connectivity index (χ4n) is 1.90. The second-order valence-corrected chi connectivity index (χ2v) is 3.97. The van der Waals surface area contributed by atoms with Gasteiger partial charge in [0.05, 0.1) is 13.2 Å². The molecule has 1 aromatic heterocycles. The van der Waals surface area contributed by atoms with Crippen LogP contribution in [0.5, 0.6) is 5.75 Å². The van der Waals surface area contributed by atoms with Crippen molar-refractivity contribution in [3.63, 3.8) is 0 Å². The van der Waals surface area contributed by atoms with E-state index in [1.165, 1.54) is 13.2 Å². The van der Waals surface area contributed by atoms with E-state index in [0.29, 0.717) is 5.82 Å². The zero-order valence-corrected chi connectivity index (χ0v) is 10.4. The van der Waals surface area contributed by atoms with Crippen LogP contribution in [-0.4, -0.2) is 12.1 Å². The zero-order chi connectivity index (χ0) is 13.8. The maximum atomic E-state index is 13.4. The van der Waals surface area contributed by atoms with Gasteiger partial charge in [0.15, 0.2) is 11.6 Å². The molecule has 0 amide bonds. The van der Waals surface area contributed by atoms with Crippen molar-refractivity contribution in [2.75, 3.05) is 12.8 Å². The molecule has 100 valence electrons. The molecule has 6 heteroatoms. The summed E-state index contributed by atoms with van der Waals surface area (Å²) in [7, 11) is 1.41. The highest BCUT2D eigenvalue weighted by Crippen LogP contribution is 2.28. The van der Waals surface area contributed by atoms with E-state index in [1.54, 1.807) is 24.4 Å². The number of hydrogen-bond acceptors (Lipinski definition) is 5. The van der Waals surface area contributed by atoms with E-state index in [4.69, 9.17) is 16.3 Å². The summed E-state index contributed by atoms with van der Waals surface area (Å²) in [4.78, 5) is 4.01. The van der Waals surface area contributed by atoms with E-state index in [0.717, 1.165) is 11.1 Å². The summed E-state index contributed by atoms with van der Waals surface area (Å²) < 4.78 is 18.4. The molecule has 0 saturated carbocycles. The van der Waals surface area contributed by atoms with Gasteiger partial charge in [-0.05, 0) is 23.8 Å². The number of nitrogen functional groups attached to an aromatic ring is 1. The highest BCUT2D eigenvalue weighted by molar-refractivity contribution is 5.46. The minimum absolute atomic E-state index is 0.153. The Morgan fingerprint density at radius 2 is 2.16 bits per heavy atom. The van der Waals surface area contributed by atoms with E-state index in [2.05, 4.69) is 10.4 Å². The van der Waals surface area contributed by atoms with Crippen LogP contribution in [0.1, 0.15) is 17.2 Å². The van der Waals surface area contributed by atoms with Gasteiger partial charge in [-0.1, -0.05) is 12.1 Å². The molecule has 1 heterocycles. The Kier molecular flexibility index (Phi) is 3.94. The van der Waals surface area contributed by atoms with Crippen molar-refractivity contribution in [3.8, 4) is 5.75 Å². The van der Waals surface area contributed by atoms with Gasteiger partial charge in [0.25, 0.3) is 0 Å². The Morgan fingerprint density at radius 1 is 1.37 bits per heavy atom. The normalized spacial score (nSPS) is 12.2. The topological polar surface area (TPSA) is 86.2 Å². The molecule has 0 aliphatic rings. The SMILES string of the molecule is COc1cc(C(NN)c2cccnc2N)ccc1F. The van der Waals surface area contributed by atoms with Gasteiger partial charge in [-0.15, -0.1) is 0 Å². The number of methoxy groups -OCH3 is 1. The van der Waals surface area contributed by atoms with Crippen LogP contribution in [0.4, 0.5) is 10.2 Å². The Balaban J connectivity index is 2.45. The predicted molar refractivity (Wildman–Crippen MR) is 70.8 cm³/mol.